The zero-order valence-electron chi connectivity index (χ0n) is 18.3. The first-order valence-electron chi connectivity index (χ1n) is 10.9. The van der Waals surface area contributed by atoms with Crippen LogP contribution in [0.4, 0.5) is 0 Å². The zero-order valence-corrected chi connectivity index (χ0v) is 19.1. The Morgan fingerprint density at radius 3 is 2.71 bits per heavy atom. The molecule has 0 unspecified atom stereocenters. The second-order valence-electron chi connectivity index (χ2n) is 8.17. The van der Waals surface area contributed by atoms with Crippen LogP contribution >= 0.6 is 11.3 Å². The van der Waals surface area contributed by atoms with Crippen LogP contribution in [0, 0.1) is 6.92 Å². The van der Waals surface area contributed by atoms with Crippen molar-refractivity contribution in [1.29, 1.82) is 0 Å². The summed E-state index contributed by atoms with van der Waals surface area (Å²) in [4.78, 5) is 9.84. The number of piperazine rings is 1. The molecule has 164 valence electrons. The third-order valence-corrected chi connectivity index (χ3v) is 6.81. The van der Waals surface area contributed by atoms with Gasteiger partial charge in [0.15, 0.2) is 0 Å². The Labute approximate surface area is 188 Å². The number of hydrogen-bond acceptors (Lipinski definition) is 6. The number of methoxy groups -OCH3 is 1. The number of benzene rings is 2. The molecule has 1 aromatic heterocycles. The summed E-state index contributed by atoms with van der Waals surface area (Å²) in [7, 11) is 1.71. The van der Waals surface area contributed by atoms with Crippen LogP contribution in [0.15, 0.2) is 53.9 Å². The molecule has 5 nitrogen and oxygen atoms in total. The molecule has 2 aromatic carbocycles. The summed E-state index contributed by atoms with van der Waals surface area (Å²) in [6.45, 7) is 7.03. The van der Waals surface area contributed by atoms with Crippen molar-refractivity contribution >= 4 is 11.3 Å². The van der Waals surface area contributed by atoms with Gasteiger partial charge in [0.25, 0.3) is 0 Å². The summed E-state index contributed by atoms with van der Waals surface area (Å²) in [5, 5.41) is 13.0. The summed E-state index contributed by atoms with van der Waals surface area (Å²) in [6.07, 6.45) is 0.790. The summed E-state index contributed by atoms with van der Waals surface area (Å²) in [6, 6.07) is 17.1. The Hall–Kier alpha value is -2.25. The van der Waals surface area contributed by atoms with E-state index in [2.05, 4.69) is 64.6 Å². The highest BCUT2D eigenvalue weighted by Gasteiger charge is 2.27. The number of aromatic nitrogens is 1. The van der Waals surface area contributed by atoms with Crippen molar-refractivity contribution < 1.29 is 9.84 Å². The summed E-state index contributed by atoms with van der Waals surface area (Å²) in [5.74, 6) is 0.929. The van der Waals surface area contributed by atoms with Crippen LogP contribution in [-0.2, 0) is 13.1 Å². The number of hydrogen-bond donors (Lipinski definition) is 1. The van der Waals surface area contributed by atoms with Gasteiger partial charge in [-0.05, 0) is 30.5 Å². The lowest BCUT2D eigenvalue weighted by molar-refractivity contribution is 0.0499. The summed E-state index contributed by atoms with van der Waals surface area (Å²) >= 11 is 1.73. The number of aryl methyl sites for hydroxylation is 1. The molecule has 1 N–H and O–H groups in total. The van der Waals surface area contributed by atoms with Crippen molar-refractivity contribution in [2.45, 2.75) is 32.5 Å². The van der Waals surface area contributed by atoms with E-state index in [1.165, 1.54) is 11.1 Å². The molecule has 31 heavy (non-hydrogen) atoms. The lowest BCUT2D eigenvalue weighted by Crippen LogP contribution is -2.52. The highest BCUT2D eigenvalue weighted by Crippen LogP contribution is 2.25. The van der Waals surface area contributed by atoms with Gasteiger partial charge in [-0.1, -0.05) is 42.5 Å². The van der Waals surface area contributed by atoms with Crippen LogP contribution in [-0.4, -0.2) is 59.3 Å². The van der Waals surface area contributed by atoms with Gasteiger partial charge in [-0.25, -0.2) is 4.98 Å². The molecular formula is C25H31N3O2S. The number of rotatable bonds is 8. The van der Waals surface area contributed by atoms with E-state index >= 15 is 0 Å². The fourth-order valence-corrected chi connectivity index (χ4v) is 5.17. The second-order valence-corrected chi connectivity index (χ2v) is 9.11. The van der Waals surface area contributed by atoms with Crippen molar-refractivity contribution in [3.05, 3.63) is 70.0 Å². The molecule has 4 rings (SSSR count). The first kappa shape index (κ1) is 22.0. The average molecular weight is 438 g/mol. The minimum absolute atomic E-state index is 0.214. The SMILES string of the molecule is COc1ccc(CN2CCN(Cc3nc(-c4ccccc4)cs3)C[C@H]2CCO)cc1C. The second kappa shape index (κ2) is 10.4. The topological polar surface area (TPSA) is 48.8 Å². The van der Waals surface area contributed by atoms with Crippen LogP contribution in [0.2, 0.25) is 0 Å². The van der Waals surface area contributed by atoms with E-state index in [4.69, 9.17) is 9.72 Å². The lowest BCUT2D eigenvalue weighted by atomic mass is 10.1. The maximum Gasteiger partial charge on any atom is 0.121 e. The Kier molecular flexibility index (Phi) is 7.35. The Morgan fingerprint density at radius 1 is 1.13 bits per heavy atom. The molecule has 0 radical (unpaired) electrons. The molecular weight excluding hydrogens is 406 g/mol. The van der Waals surface area contributed by atoms with Crippen LogP contribution in [0.3, 0.4) is 0 Å². The maximum absolute atomic E-state index is 9.65. The molecule has 3 aromatic rings. The molecule has 0 saturated carbocycles. The number of ether oxygens (including phenoxy) is 1. The smallest absolute Gasteiger partial charge is 0.121 e. The fourth-order valence-electron chi connectivity index (χ4n) is 4.32. The first-order valence-corrected chi connectivity index (χ1v) is 11.7. The van der Waals surface area contributed by atoms with Gasteiger partial charge < -0.3 is 9.84 Å². The van der Waals surface area contributed by atoms with E-state index in [0.717, 1.165) is 61.2 Å². The lowest BCUT2D eigenvalue weighted by Gasteiger charge is -2.41. The van der Waals surface area contributed by atoms with Gasteiger partial charge in [0.2, 0.25) is 0 Å². The van der Waals surface area contributed by atoms with Crippen LogP contribution in [0.1, 0.15) is 22.6 Å². The van der Waals surface area contributed by atoms with E-state index in [-0.39, 0.29) is 6.61 Å². The number of thiazole rings is 1. The standard InChI is InChI=1S/C25H31N3O2S/c1-19-14-20(8-9-24(19)30-2)15-28-12-11-27(16-22(28)10-13-29)17-25-26-23(18-31-25)21-6-4-3-5-7-21/h3-9,14,18,22,29H,10-13,15-17H2,1-2H3/t22-/m1/s1. The largest absolute Gasteiger partial charge is 0.496 e. The summed E-state index contributed by atoms with van der Waals surface area (Å²) in [5.41, 5.74) is 4.68. The molecule has 0 bridgehead atoms. The average Bonchev–Trinajstić information content (AvgIpc) is 3.25. The van der Waals surface area contributed by atoms with Crippen LogP contribution in [0.5, 0.6) is 5.75 Å². The van der Waals surface area contributed by atoms with Gasteiger partial charge >= 0.3 is 0 Å². The Morgan fingerprint density at radius 2 is 1.97 bits per heavy atom. The molecule has 0 amide bonds. The molecule has 2 heterocycles. The van der Waals surface area contributed by atoms with Gasteiger partial charge in [0.1, 0.15) is 10.8 Å². The van der Waals surface area contributed by atoms with Gasteiger partial charge in [-0.2, -0.15) is 0 Å². The quantitative estimate of drug-likeness (QED) is 0.572. The molecule has 1 saturated heterocycles. The van der Waals surface area contributed by atoms with Gasteiger partial charge in [0.05, 0.1) is 19.3 Å². The molecule has 1 aliphatic rings. The van der Waals surface area contributed by atoms with E-state index in [0.29, 0.717) is 6.04 Å². The fraction of sp³-hybridized carbons (Fsp3) is 0.400. The van der Waals surface area contributed by atoms with Crippen LogP contribution in [0.25, 0.3) is 11.3 Å². The molecule has 0 aliphatic carbocycles. The molecule has 1 atom stereocenters. The Balaban J connectivity index is 1.39. The highest BCUT2D eigenvalue weighted by atomic mass is 32.1. The van der Waals surface area contributed by atoms with Gasteiger partial charge in [-0.15, -0.1) is 11.3 Å². The monoisotopic (exact) mass is 437 g/mol. The summed E-state index contributed by atoms with van der Waals surface area (Å²) < 4.78 is 5.39. The number of aliphatic hydroxyl groups is 1. The number of nitrogens with zero attached hydrogens (tertiary/aromatic N) is 3. The van der Waals surface area contributed by atoms with Crippen LogP contribution < -0.4 is 4.74 Å². The zero-order chi connectivity index (χ0) is 21.6. The molecule has 0 spiro atoms. The minimum atomic E-state index is 0.214. The number of aliphatic hydroxyl groups excluding tert-OH is 1. The first-order chi connectivity index (χ1) is 15.2. The van der Waals surface area contributed by atoms with Crippen molar-refractivity contribution in [3.63, 3.8) is 0 Å². The third kappa shape index (κ3) is 5.52. The Bertz CT molecular complexity index is 976. The predicted octanol–water partition coefficient (Wildman–Crippen LogP) is 4.20. The van der Waals surface area contributed by atoms with Gasteiger partial charge in [0, 0.05) is 49.8 Å². The van der Waals surface area contributed by atoms with Crippen molar-refractivity contribution in [2.75, 3.05) is 33.4 Å². The highest BCUT2D eigenvalue weighted by molar-refractivity contribution is 7.09. The minimum Gasteiger partial charge on any atom is -0.496 e. The van der Waals surface area contributed by atoms with Crippen molar-refractivity contribution in [3.8, 4) is 17.0 Å². The molecule has 6 heteroatoms. The molecule has 1 aliphatic heterocycles. The third-order valence-electron chi connectivity index (χ3n) is 5.98. The van der Waals surface area contributed by atoms with E-state index < -0.39 is 0 Å². The predicted molar refractivity (Wildman–Crippen MR) is 126 cm³/mol. The molecule has 1 fully saturated rings. The normalized spacial score (nSPS) is 17.7. The van der Waals surface area contributed by atoms with Crippen molar-refractivity contribution in [2.24, 2.45) is 0 Å². The van der Waals surface area contributed by atoms with E-state index in [1.807, 2.05) is 6.07 Å². The van der Waals surface area contributed by atoms with Crippen molar-refractivity contribution in [1.82, 2.24) is 14.8 Å². The maximum atomic E-state index is 9.65. The van der Waals surface area contributed by atoms with E-state index in [1.54, 1.807) is 18.4 Å². The van der Waals surface area contributed by atoms with Gasteiger partial charge in [-0.3, -0.25) is 9.80 Å². The van der Waals surface area contributed by atoms with E-state index in [9.17, 15) is 5.11 Å².